The SMILES string of the molecule is C[C@@H]1CNC[C@H]1C(=O)Nc1ccccc1N(C)C.Cl. The van der Waals surface area contributed by atoms with Gasteiger partial charge in [0.25, 0.3) is 0 Å². The predicted molar refractivity (Wildman–Crippen MR) is 82.2 cm³/mol. The predicted octanol–water partition coefficient (Wildman–Crippen LogP) is 1.97. The number of carbonyl (C=O) groups excluding carboxylic acids is 1. The fourth-order valence-corrected chi connectivity index (χ4v) is 2.36. The van der Waals surface area contributed by atoms with Gasteiger partial charge in [0, 0.05) is 20.6 Å². The maximum Gasteiger partial charge on any atom is 0.229 e. The summed E-state index contributed by atoms with van der Waals surface area (Å²) < 4.78 is 0. The smallest absolute Gasteiger partial charge is 0.229 e. The maximum absolute atomic E-state index is 12.2. The van der Waals surface area contributed by atoms with Gasteiger partial charge < -0.3 is 15.5 Å². The van der Waals surface area contributed by atoms with Gasteiger partial charge in [-0.25, -0.2) is 0 Å². The van der Waals surface area contributed by atoms with E-state index >= 15 is 0 Å². The number of para-hydroxylation sites is 2. The number of rotatable bonds is 3. The van der Waals surface area contributed by atoms with Crippen molar-refractivity contribution in [1.82, 2.24) is 5.32 Å². The van der Waals surface area contributed by atoms with E-state index in [4.69, 9.17) is 0 Å². The zero-order chi connectivity index (χ0) is 13.1. The van der Waals surface area contributed by atoms with E-state index < -0.39 is 0 Å². The first-order chi connectivity index (χ1) is 8.59. The highest BCUT2D eigenvalue weighted by Crippen LogP contribution is 2.25. The van der Waals surface area contributed by atoms with E-state index in [1.165, 1.54) is 0 Å². The second-order valence-electron chi connectivity index (χ2n) is 5.14. The number of nitrogens with one attached hydrogen (secondary N) is 2. The second kappa shape index (κ2) is 6.78. The van der Waals surface area contributed by atoms with E-state index in [0.29, 0.717) is 5.92 Å². The number of hydrogen-bond acceptors (Lipinski definition) is 3. The van der Waals surface area contributed by atoms with Crippen molar-refractivity contribution >= 4 is 29.7 Å². The van der Waals surface area contributed by atoms with E-state index in [-0.39, 0.29) is 24.2 Å². The van der Waals surface area contributed by atoms with Gasteiger partial charge in [0.05, 0.1) is 17.3 Å². The van der Waals surface area contributed by atoms with Crippen molar-refractivity contribution in [2.75, 3.05) is 37.4 Å². The first-order valence-corrected chi connectivity index (χ1v) is 6.37. The number of nitrogens with zero attached hydrogens (tertiary/aromatic N) is 1. The van der Waals surface area contributed by atoms with Crippen LogP contribution in [0, 0.1) is 11.8 Å². The first-order valence-electron chi connectivity index (χ1n) is 6.37. The van der Waals surface area contributed by atoms with Crippen molar-refractivity contribution in [2.24, 2.45) is 11.8 Å². The molecule has 1 fully saturated rings. The Hall–Kier alpha value is -1.26. The minimum Gasteiger partial charge on any atom is -0.376 e. The molecule has 0 spiro atoms. The summed E-state index contributed by atoms with van der Waals surface area (Å²) in [5.74, 6) is 0.582. The Kier molecular flexibility index (Phi) is 5.63. The summed E-state index contributed by atoms with van der Waals surface area (Å²) in [5, 5.41) is 6.30. The van der Waals surface area contributed by atoms with Crippen LogP contribution in [0.2, 0.25) is 0 Å². The fourth-order valence-electron chi connectivity index (χ4n) is 2.36. The van der Waals surface area contributed by atoms with Gasteiger partial charge in [-0.2, -0.15) is 0 Å². The maximum atomic E-state index is 12.2. The van der Waals surface area contributed by atoms with E-state index in [1.807, 2.05) is 43.3 Å². The Morgan fingerprint density at radius 2 is 2.00 bits per heavy atom. The molecule has 1 saturated heterocycles. The summed E-state index contributed by atoms with van der Waals surface area (Å²) in [6.07, 6.45) is 0. The molecule has 106 valence electrons. The molecule has 0 aliphatic carbocycles. The Balaban J connectivity index is 0.00000180. The van der Waals surface area contributed by atoms with Gasteiger partial charge in [-0.15, -0.1) is 12.4 Å². The van der Waals surface area contributed by atoms with Gasteiger partial charge >= 0.3 is 0 Å². The van der Waals surface area contributed by atoms with Gasteiger partial charge in [0.15, 0.2) is 0 Å². The number of halogens is 1. The van der Waals surface area contributed by atoms with E-state index in [2.05, 4.69) is 17.6 Å². The van der Waals surface area contributed by atoms with Crippen molar-refractivity contribution < 1.29 is 4.79 Å². The average molecular weight is 284 g/mol. The Bertz CT molecular complexity index is 436. The van der Waals surface area contributed by atoms with Crippen molar-refractivity contribution in [3.8, 4) is 0 Å². The lowest BCUT2D eigenvalue weighted by Crippen LogP contribution is -2.28. The van der Waals surface area contributed by atoms with Gasteiger partial charge in [0.2, 0.25) is 5.91 Å². The van der Waals surface area contributed by atoms with Crippen LogP contribution in [-0.2, 0) is 4.79 Å². The highest BCUT2D eigenvalue weighted by Gasteiger charge is 2.29. The molecule has 0 bridgehead atoms. The third-order valence-electron chi connectivity index (χ3n) is 3.50. The van der Waals surface area contributed by atoms with Crippen LogP contribution in [0.15, 0.2) is 24.3 Å². The Morgan fingerprint density at radius 3 is 2.58 bits per heavy atom. The minimum absolute atomic E-state index is 0. The topological polar surface area (TPSA) is 44.4 Å². The van der Waals surface area contributed by atoms with Crippen LogP contribution < -0.4 is 15.5 Å². The fraction of sp³-hybridized carbons (Fsp3) is 0.500. The zero-order valence-electron chi connectivity index (χ0n) is 11.6. The molecule has 1 aromatic rings. The summed E-state index contributed by atoms with van der Waals surface area (Å²) in [5.41, 5.74) is 1.91. The Morgan fingerprint density at radius 1 is 1.32 bits per heavy atom. The summed E-state index contributed by atoms with van der Waals surface area (Å²) in [7, 11) is 3.95. The molecular formula is C14H22ClN3O. The monoisotopic (exact) mass is 283 g/mol. The van der Waals surface area contributed by atoms with Crippen LogP contribution in [0.4, 0.5) is 11.4 Å². The normalized spacial score (nSPS) is 21.6. The Labute approximate surface area is 121 Å². The van der Waals surface area contributed by atoms with Crippen LogP contribution in [0.25, 0.3) is 0 Å². The molecule has 1 aliphatic heterocycles. The first kappa shape index (κ1) is 15.8. The van der Waals surface area contributed by atoms with E-state index in [9.17, 15) is 4.79 Å². The lowest BCUT2D eigenvalue weighted by Gasteiger charge is -2.20. The van der Waals surface area contributed by atoms with Crippen LogP contribution in [0.5, 0.6) is 0 Å². The summed E-state index contributed by atoms with van der Waals surface area (Å²) in [6, 6.07) is 7.87. The molecule has 1 heterocycles. The molecule has 19 heavy (non-hydrogen) atoms. The molecule has 1 aliphatic rings. The molecule has 0 aromatic heterocycles. The van der Waals surface area contributed by atoms with Crippen molar-refractivity contribution in [3.63, 3.8) is 0 Å². The summed E-state index contributed by atoms with van der Waals surface area (Å²) in [4.78, 5) is 14.2. The molecular weight excluding hydrogens is 262 g/mol. The number of hydrogen-bond donors (Lipinski definition) is 2. The van der Waals surface area contributed by atoms with Gasteiger partial charge in [-0.1, -0.05) is 19.1 Å². The van der Waals surface area contributed by atoms with Crippen molar-refractivity contribution in [2.45, 2.75) is 6.92 Å². The molecule has 0 saturated carbocycles. The molecule has 2 atom stereocenters. The number of carbonyl (C=O) groups is 1. The van der Waals surface area contributed by atoms with E-state index in [0.717, 1.165) is 24.5 Å². The molecule has 1 aromatic carbocycles. The number of anilines is 2. The average Bonchev–Trinajstić information content (AvgIpc) is 2.76. The molecule has 2 N–H and O–H groups in total. The second-order valence-corrected chi connectivity index (χ2v) is 5.14. The molecule has 5 heteroatoms. The minimum atomic E-state index is 0. The summed E-state index contributed by atoms with van der Waals surface area (Å²) >= 11 is 0. The molecule has 2 rings (SSSR count). The molecule has 0 unspecified atom stereocenters. The van der Waals surface area contributed by atoms with Gasteiger partial charge in [0.1, 0.15) is 0 Å². The van der Waals surface area contributed by atoms with Gasteiger partial charge in [-0.05, 0) is 24.6 Å². The third kappa shape index (κ3) is 3.61. The van der Waals surface area contributed by atoms with Crippen LogP contribution in [0.3, 0.4) is 0 Å². The van der Waals surface area contributed by atoms with Crippen LogP contribution in [0.1, 0.15) is 6.92 Å². The number of benzene rings is 1. The molecule has 1 amide bonds. The largest absolute Gasteiger partial charge is 0.376 e. The van der Waals surface area contributed by atoms with Crippen molar-refractivity contribution in [3.05, 3.63) is 24.3 Å². The highest BCUT2D eigenvalue weighted by molar-refractivity contribution is 5.96. The van der Waals surface area contributed by atoms with Gasteiger partial charge in [-0.3, -0.25) is 4.79 Å². The highest BCUT2D eigenvalue weighted by atomic mass is 35.5. The lowest BCUT2D eigenvalue weighted by molar-refractivity contribution is -0.120. The molecule has 4 nitrogen and oxygen atoms in total. The molecule has 0 radical (unpaired) electrons. The number of amides is 1. The zero-order valence-corrected chi connectivity index (χ0v) is 12.5. The third-order valence-corrected chi connectivity index (χ3v) is 3.50. The van der Waals surface area contributed by atoms with E-state index in [1.54, 1.807) is 0 Å². The van der Waals surface area contributed by atoms with Crippen molar-refractivity contribution in [1.29, 1.82) is 0 Å². The lowest BCUT2D eigenvalue weighted by atomic mass is 9.97. The quantitative estimate of drug-likeness (QED) is 0.891. The van der Waals surface area contributed by atoms with Crippen LogP contribution in [-0.4, -0.2) is 33.1 Å². The van der Waals surface area contributed by atoms with Crippen LogP contribution >= 0.6 is 12.4 Å². The standard InChI is InChI=1S/C14H21N3O.ClH/c1-10-8-15-9-11(10)14(18)16-12-6-4-5-7-13(12)17(2)3;/h4-7,10-11,15H,8-9H2,1-3H3,(H,16,18);1H/t10-,11-;/m1./s1. The summed E-state index contributed by atoms with van der Waals surface area (Å²) in [6.45, 7) is 3.81.